The van der Waals surface area contributed by atoms with E-state index in [4.69, 9.17) is 30.3 Å². The molecular formula is C23H23N7O3S. The van der Waals surface area contributed by atoms with Crippen LogP contribution in [0.1, 0.15) is 11.6 Å². The van der Waals surface area contributed by atoms with Crippen LogP contribution in [0.15, 0.2) is 41.6 Å². The molecule has 1 amide bonds. The Hall–Kier alpha value is -3.86. The first kappa shape index (κ1) is 22.0. The summed E-state index contributed by atoms with van der Waals surface area (Å²) < 4.78 is 14.7. The number of methoxy groups -OCH3 is 2. The molecule has 0 saturated carbocycles. The molecule has 0 spiro atoms. The van der Waals surface area contributed by atoms with Gasteiger partial charge in [0.1, 0.15) is 5.82 Å². The monoisotopic (exact) mass is 477 g/mol. The average Bonchev–Trinajstić information content (AvgIpc) is 3.40. The zero-order valence-electron chi connectivity index (χ0n) is 19.0. The van der Waals surface area contributed by atoms with Crippen molar-refractivity contribution in [3.05, 3.63) is 48.0 Å². The summed E-state index contributed by atoms with van der Waals surface area (Å²) in [5, 5.41) is 6.00. The Kier molecular flexibility index (Phi) is 5.70. The Morgan fingerprint density at radius 3 is 2.59 bits per heavy atom. The van der Waals surface area contributed by atoms with E-state index < -0.39 is 5.91 Å². The maximum atomic E-state index is 11.4. The normalized spacial score (nSPS) is 11.5. The molecule has 3 heterocycles. The second kappa shape index (κ2) is 8.82. The lowest BCUT2D eigenvalue weighted by molar-refractivity contribution is -0.115. The van der Waals surface area contributed by atoms with E-state index in [-0.39, 0.29) is 5.75 Å². The van der Waals surface area contributed by atoms with Gasteiger partial charge in [-0.2, -0.15) is 4.52 Å². The highest BCUT2D eigenvalue weighted by molar-refractivity contribution is 7.99. The van der Waals surface area contributed by atoms with Crippen molar-refractivity contribution in [2.24, 2.45) is 5.73 Å². The lowest BCUT2D eigenvalue weighted by Gasteiger charge is -2.10. The molecule has 10 nitrogen and oxygen atoms in total. The van der Waals surface area contributed by atoms with E-state index in [9.17, 15) is 4.79 Å². The van der Waals surface area contributed by atoms with E-state index >= 15 is 0 Å². The van der Waals surface area contributed by atoms with Crippen molar-refractivity contribution in [3.63, 3.8) is 0 Å². The fourth-order valence-electron chi connectivity index (χ4n) is 3.98. The van der Waals surface area contributed by atoms with E-state index in [2.05, 4.69) is 15.6 Å². The van der Waals surface area contributed by atoms with Crippen molar-refractivity contribution < 1.29 is 14.3 Å². The molecule has 3 aromatic heterocycles. The summed E-state index contributed by atoms with van der Waals surface area (Å²) in [4.78, 5) is 25.6. The van der Waals surface area contributed by atoms with Crippen LogP contribution in [0.25, 0.3) is 27.6 Å². The van der Waals surface area contributed by atoms with Gasteiger partial charge in [-0.1, -0.05) is 23.9 Å². The molecule has 34 heavy (non-hydrogen) atoms. The number of nitrogens with two attached hydrogens (primary N) is 1. The standard InChI is InChI=1S/C23H23N7O3S/c1-13-25-15-6-4-5-7-17(15)29(13)9-8-21-27-22-14-10-18(32-2)19(33-3)11-16(14)26-23(30(22)28-21)34-12-20(24)31/h4-7,10-11H,8-9,12H2,1-3H3,(H2,24,31). The number of para-hydroxylation sites is 2. The largest absolute Gasteiger partial charge is 0.493 e. The minimum Gasteiger partial charge on any atom is -0.493 e. The highest BCUT2D eigenvalue weighted by Crippen LogP contribution is 2.34. The Morgan fingerprint density at radius 2 is 1.82 bits per heavy atom. The summed E-state index contributed by atoms with van der Waals surface area (Å²) in [7, 11) is 3.15. The fraction of sp³-hybridized carbons (Fsp3) is 0.261. The maximum absolute atomic E-state index is 11.4. The molecule has 5 aromatic rings. The Morgan fingerprint density at radius 1 is 1.06 bits per heavy atom. The van der Waals surface area contributed by atoms with Crippen LogP contribution in [0.2, 0.25) is 0 Å². The number of aromatic nitrogens is 6. The van der Waals surface area contributed by atoms with E-state index in [1.165, 1.54) is 11.8 Å². The van der Waals surface area contributed by atoms with Gasteiger partial charge in [0.15, 0.2) is 28.1 Å². The quantitative estimate of drug-likeness (QED) is 0.267. The van der Waals surface area contributed by atoms with Crippen molar-refractivity contribution in [2.75, 3.05) is 20.0 Å². The Bertz CT molecular complexity index is 1540. The number of aryl methyl sites for hydroxylation is 3. The second-order valence-corrected chi connectivity index (χ2v) is 8.63. The molecule has 0 saturated heterocycles. The third kappa shape index (κ3) is 3.87. The van der Waals surface area contributed by atoms with Crippen molar-refractivity contribution in [3.8, 4) is 11.5 Å². The van der Waals surface area contributed by atoms with Gasteiger partial charge in [0, 0.05) is 24.4 Å². The molecule has 5 rings (SSSR count). The van der Waals surface area contributed by atoms with Crippen molar-refractivity contribution in [2.45, 2.75) is 25.0 Å². The predicted molar refractivity (Wildman–Crippen MR) is 129 cm³/mol. The van der Waals surface area contributed by atoms with Gasteiger partial charge < -0.3 is 19.8 Å². The number of hydrogen-bond acceptors (Lipinski definition) is 8. The van der Waals surface area contributed by atoms with Gasteiger partial charge in [0.2, 0.25) is 5.91 Å². The van der Waals surface area contributed by atoms with E-state index in [0.717, 1.165) is 22.2 Å². The number of nitrogens with zero attached hydrogens (tertiary/aromatic N) is 6. The number of carbonyl (C=O) groups is 1. The maximum Gasteiger partial charge on any atom is 0.227 e. The summed E-state index contributed by atoms with van der Waals surface area (Å²) in [6, 6.07) is 11.7. The number of amides is 1. The minimum atomic E-state index is -0.435. The first-order chi connectivity index (χ1) is 16.5. The molecule has 11 heteroatoms. The van der Waals surface area contributed by atoms with Crippen molar-refractivity contribution >= 4 is 45.3 Å². The van der Waals surface area contributed by atoms with E-state index in [1.54, 1.807) is 24.8 Å². The van der Waals surface area contributed by atoms with Crippen LogP contribution in [0.4, 0.5) is 0 Å². The molecule has 0 fully saturated rings. The van der Waals surface area contributed by atoms with Gasteiger partial charge in [-0.3, -0.25) is 4.79 Å². The van der Waals surface area contributed by atoms with Crippen LogP contribution in [0, 0.1) is 6.92 Å². The van der Waals surface area contributed by atoms with Crippen LogP contribution < -0.4 is 15.2 Å². The topological polar surface area (TPSA) is 122 Å². The number of rotatable bonds is 8. The number of carbonyl (C=O) groups excluding carboxylic acids is 1. The summed E-state index contributed by atoms with van der Waals surface area (Å²) in [5.74, 6) is 2.36. The number of thioether (sulfide) groups is 1. The zero-order chi connectivity index (χ0) is 23.8. The highest BCUT2D eigenvalue weighted by atomic mass is 32.2. The SMILES string of the molecule is COc1cc2nc(SCC(N)=O)n3nc(CCn4c(C)nc5ccccc54)nc3c2cc1OC. The van der Waals surface area contributed by atoms with E-state index in [1.807, 2.05) is 31.2 Å². The van der Waals surface area contributed by atoms with Gasteiger partial charge >= 0.3 is 0 Å². The van der Waals surface area contributed by atoms with Gasteiger partial charge in [0.25, 0.3) is 0 Å². The summed E-state index contributed by atoms with van der Waals surface area (Å²) in [6.45, 7) is 2.67. The summed E-state index contributed by atoms with van der Waals surface area (Å²) in [6.07, 6.45) is 0.595. The summed E-state index contributed by atoms with van der Waals surface area (Å²) in [5.41, 5.74) is 8.69. The number of imidazole rings is 1. The Labute approximate surface area is 199 Å². The fourth-order valence-corrected chi connectivity index (χ4v) is 4.66. The molecule has 174 valence electrons. The molecule has 2 N–H and O–H groups in total. The lowest BCUT2D eigenvalue weighted by Crippen LogP contribution is -2.14. The van der Waals surface area contributed by atoms with Gasteiger partial charge in [-0.15, -0.1) is 5.10 Å². The van der Waals surface area contributed by atoms with Crippen LogP contribution in [-0.2, 0) is 17.8 Å². The molecule has 0 unspecified atom stereocenters. The molecule has 0 aliphatic rings. The smallest absolute Gasteiger partial charge is 0.227 e. The van der Waals surface area contributed by atoms with Crippen LogP contribution >= 0.6 is 11.8 Å². The predicted octanol–water partition coefficient (Wildman–Crippen LogP) is 2.77. The number of benzene rings is 2. The minimum absolute atomic E-state index is 0.0797. The molecule has 0 atom stereocenters. The van der Waals surface area contributed by atoms with Crippen molar-refractivity contribution in [1.29, 1.82) is 0 Å². The highest BCUT2D eigenvalue weighted by Gasteiger charge is 2.18. The molecular weight excluding hydrogens is 454 g/mol. The first-order valence-corrected chi connectivity index (χ1v) is 11.6. The second-order valence-electron chi connectivity index (χ2n) is 7.69. The molecule has 0 aliphatic heterocycles. The number of ether oxygens (including phenoxy) is 2. The number of fused-ring (bicyclic) bond motifs is 4. The van der Waals surface area contributed by atoms with Crippen LogP contribution in [-0.4, -0.2) is 55.0 Å². The van der Waals surface area contributed by atoms with Crippen LogP contribution in [0.3, 0.4) is 0 Å². The number of hydrogen-bond donors (Lipinski definition) is 1. The third-order valence-electron chi connectivity index (χ3n) is 5.54. The zero-order valence-corrected chi connectivity index (χ0v) is 19.8. The first-order valence-electron chi connectivity index (χ1n) is 10.6. The lowest BCUT2D eigenvalue weighted by atomic mass is 10.2. The molecule has 0 bridgehead atoms. The Balaban J connectivity index is 1.58. The molecule has 0 radical (unpaired) electrons. The number of primary amides is 1. The summed E-state index contributed by atoms with van der Waals surface area (Å²) >= 11 is 1.22. The van der Waals surface area contributed by atoms with Gasteiger partial charge in [-0.25, -0.2) is 15.0 Å². The average molecular weight is 478 g/mol. The third-order valence-corrected chi connectivity index (χ3v) is 6.49. The van der Waals surface area contributed by atoms with Gasteiger partial charge in [-0.05, 0) is 25.1 Å². The van der Waals surface area contributed by atoms with Crippen LogP contribution in [0.5, 0.6) is 11.5 Å². The van der Waals surface area contributed by atoms with Crippen molar-refractivity contribution in [1.82, 2.24) is 29.1 Å². The van der Waals surface area contributed by atoms with E-state index in [0.29, 0.717) is 46.6 Å². The molecule has 2 aromatic carbocycles. The molecule has 0 aliphatic carbocycles. The van der Waals surface area contributed by atoms with Gasteiger partial charge in [0.05, 0.1) is 36.5 Å².